The van der Waals surface area contributed by atoms with E-state index in [-0.39, 0.29) is 11.2 Å². The molecule has 0 spiro atoms. The van der Waals surface area contributed by atoms with E-state index in [1.54, 1.807) is 32.1 Å². The van der Waals surface area contributed by atoms with Crippen molar-refractivity contribution in [3.63, 3.8) is 0 Å². The second kappa shape index (κ2) is 17.2. The van der Waals surface area contributed by atoms with Gasteiger partial charge in [-0.3, -0.25) is 0 Å². The maximum atomic E-state index is 10.2. The van der Waals surface area contributed by atoms with Crippen LogP contribution in [0.3, 0.4) is 0 Å². The highest BCUT2D eigenvalue weighted by Crippen LogP contribution is 2.72. The summed E-state index contributed by atoms with van der Waals surface area (Å²) in [4.78, 5) is 10.2. The molecule has 0 bridgehead atoms. The van der Waals surface area contributed by atoms with Crippen molar-refractivity contribution in [2.24, 2.45) is 61.5 Å². The Kier molecular flexibility index (Phi) is 13.9. The van der Waals surface area contributed by atoms with Gasteiger partial charge < -0.3 is 19.7 Å². The molecule has 6 nitrogen and oxygen atoms in total. The Hall–Kier alpha value is -2.99. The second-order valence-electron chi connectivity index (χ2n) is 18.1. The van der Waals surface area contributed by atoms with E-state index in [1.165, 1.54) is 81.1 Å². The zero-order chi connectivity index (χ0) is 39.4. The Morgan fingerprint density at radius 2 is 1.66 bits per heavy atom. The van der Waals surface area contributed by atoms with Crippen molar-refractivity contribution in [2.75, 3.05) is 14.2 Å². The summed E-state index contributed by atoms with van der Waals surface area (Å²) in [6.07, 6.45) is 17.2. The van der Waals surface area contributed by atoms with Crippen LogP contribution in [0.25, 0.3) is 0 Å². The summed E-state index contributed by atoms with van der Waals surface area (Å²) in [6.45, 7) is 25.8. The molecule has 0 aromatic heterocycles. The van der Waals surface area contributed by atoms with Gasteiger partial charge in [0.15, 0.2) is 0 Å². The van der Waals surface area contributed by atoms with Crippen LogP contribution in [0.15, 0.2) is 70.1 Å². The normalized spacial score (nSPS) is 32.8. The van der Waals surface area contributed by atoms with Gasteiger partial charge in [-0.1, -0.05) is 92.5 Å². The number of benzene rings is 1. The standard InChI is InChI=1S/C37H50N2O.C7H12O2.C2H6.CH4O/c1-23(2)33-24(3)22-37(32-21-30(38-39-32)25-10-12-27(40-6)13-11-25)20-17-29-28(34(33)37)14-15-31-35(4)18-8-7-9-26(35)16-19-36(29,31)5;1-6(9)4-7(2,3)5-8;2*1-2/h10-13,23,26,28-29,31H,3,7-9,14-22H2,1-2,4-6H3;5,9H,1,4H2,2-3H3;1-2H3;2H,1H3. The molecule has 0 amide bonds. The molecule has 1 heterocycles. The first-order valence-electron chi connectivity index (χ1n) is 20.7. The topological polar surface area (TPSA) is 91.5 Å². The van der Waals surface area contributed by atoms with E-state index in [9.17, 15) is 4.79 Å². The second-order valence-corrected chi connectivity index (χ2v) is 18.1. The van der Waals surface area contributed by atoms with Crippen molar-refractivity contribution in [3.8, 4) is 5.75 Å². The molecule has 1 aromatic carbocycles. The van der Waals surface area contributed by atoms with Gasteiger partial charge >= 0.3 is 0 Å². The predicted molar refractivity (Wildman–Crippen MR) is 222 cm³/mol. The van der Waals surface area contributed by atoms with Gasteiger partial charge in [0.1, 0.15) is 12.0 Å². The minimum atomic E-state index is -0.466. The maximum Gasteiger partial charge on any atom is 0.126 e. The first kappa shape index (κ1) is 42.7. The SMILES string of the molecule is C=C(O)CC(C)(C)C=O.C=C1CC2(C3=NN=C(c4ccc(OC)cc4)C3)CCC3C(CCC4C5(C)CCCCC5CCC34C)C2=C1C(C)C.CC.CO. The van der Waals surface area contributed by atoms with Gasteiger partial charge in [-0.25, -0.2) is 0 Å². The highest BCUT2D eigenvalue weighted by atomic mass is 16.5. The number of hydrogen-bond donors (Lipinski definition) is 2. The van der Waals surface area contributed by atoms with Crippen molar-refractivity contribution in [2.45, 2.75) is 139 Å². The Bertz CT molecular complexity index is 1570. The molecule has 1 aromatic rings. The van der Waals surface area contributed by atoms with E-state index < -0.39 is 5.41 Å². The third-order valence-electron chi connectivity index (χ3n) is 14.3. The van der Waals surface area contributed by atoms with Gasteiger partial charge in [-0.05, 0) is 134 Å². The lowest BCUT2D eigenvalue weighted by Gasteiger charge is -2.66. The van der Waals surface area contributed by atoms with Gasteiger partial charge in [0.05, 0.1) is 24.3 Å². The predicted octanol–water partition coefficient (Wildman–Crippen LogP) is 11.9. The van der Waals surface area contributed by atoms with Crippen LogP contribution in [0.5, 0.6) is 5.75 Å². The molecular formula is C47H72N2O4. The molecule has 294 valence electrons. The van der Waals surface area contributed by atoms with E-state index >= 15 is 0 Å². The molecule has 5 aliphatic carbocycles. The lowest BCUT2D eigenvalue weighted by atomic mass is 9.39. The summed E-state index contributed by atoms with van der Waals surface area (Å²) in [5.41, 5.74) is 8.96. The largest absolute Gasteiger partial charge is 0.513 e. The number of aliphatic hydroxyl groups excluding tert-OH is 2. The average Bonchev–Trinajstić information content (AvgIpc) is 3.76. The fourth-order valence-corrected chi connectivity index (χ4v) is 12.2. The van der Waals surface area contributed by atoms with Crippen molar-refractivity contribution < 1.29 is 19.7 Å². The number of allylic oxidation sites excluding steroid dienone is 4. The van der Waals surface area contributed by atoms with Crippen LogP contribution < -0.4 is 4.74 Å². The number of aldehydes is 1. The smallest absolute Gasteiger partial charge is 0.126 e. The highest BCUT2D eigenvalue weighted by Gasteiger charge is 2.64. The summed E-state index contributed by atoms with van der Waals surface area (Å²) < 4.78 is 5.40. The van der Waals surface area contributed by atoms with E-state index in [4.69, 9.17) is 31.7 Å². The molecule has 4 fully saturated rings. The van der Waals surface area contributed by atoms with Crippen LogP contribution in [0.2, 0.25) is 0 Å². The van der Waals surface area contributed by atoms with Crippen LogP contribution in [-0.4, -0.2) is 42.1 Å². The van der Waals surface area contributed by atoms with Crippen molar-refractivity contribution in [3.05, 3.63) is 65.5 Å². The fraction of sp³-hybridized carbons (Fsp3) is 0.681. The number of ether oxygens (including phenoxy) is 1. The fourth-order valence-electron chi connectivity index (χ4n) is 12.2. The number of carbonyl (C=O) groups excluding carboxylic acids is 1. The third-order valence-corrected chi connectivity index (χ3v) is 14.3. The number of carbonyl (C=O) groups is 1. The summed E-state index contributed by atoms with van der Waals surface area (Å²) in [5.74, 6) is 4.82. The number of aliphatic hydroxyl groups is 2. The molecule has 6 aliphatic rings. The molecule has 1 aliphatic heterocycles. The van der Waals surface area contributed by atoms with E-state index in [1.807, 2.05) is 26.0 Å². The van der Waals surface area contributed by atoms with E-state index in [0.29, 0.717) is 29.1 Å². The molecular weight excluding hydrogens is 657 g/mol. The van der Waals surface area contributed by atoms with Crippen LogP contribution in [0, 0.1) is 51.2 Å². The molecule has 2 N–H and O–H groups in total. The minimum Gasteiger partial charge on any atom is -0.513 e. The molecule has 7 rings (SSSR count). The quantitative estimate of drug-likeness (QED) is 0.216. The zero-order valence-corrected chi connectivity index (χ0v) is 35.0. The van der Waals surface area contributed by atoms with Gasteiger partial charge in [0.2, 0.25) is 0 Å². The third kappa shape index (κ3) is 8.05. The molecule has 7 unspecified atom stereocenters. The number of hydrogen-bond acceptors (Lipinski definition) is 6. The van der Waals surface area contributed by atoms with Gasteiger partial charge in [-0.15, -0.1) is 0 Å². The summed E-state index contributed by atoms with van der Waals surface area (Å²) in [5, 5.41) is 25.5. The van der Waals surface area contributed by atoms with Crippen LogP contribution in [0.4, 0.5) is 0 Å². The zero-order valence-electron chi connectivity index (χ0n) is 35.0. The first-order chi connectivity index (χ1) is 25.2. The average molecular weight is 729 g/mol. The lowest BCUT2D eigenvalue weighted by molar-refractivity contribution is -0.148. The van der Waals surface area contributed by atoms with Gasteiger partial charge in [0.25, 0.3) is 0 Å². The number of nitrogens with zero attached hydrogens (tertiary/aromatic N) is 2. The number of methoxy groups -OCH3 is 1. The van der Waals surface area contributed by atoms with Gasteiger partial charge in [-0.2, -0.15) is 10.2 Å². The van der Waals surface area contributed by atoms with Crippen LogP contribution >= 0.6 is 0 Å². The first-order valence-corrected chi connectivity index (χ1v) is 20.7. The Morgan fingerprint density at radius 3 is 2.25 bits per heavy atom. The Labute approximate surface area is 322 Å². The molecule has 6 heteroatoms. The highest BCUT2D eigenvalue weighted by molar-refractivity contribution is 6.17. The minimum absolute atomic E-state index is 0.0325. The molecule has 0 saturated heterocycles. The van der Waals surface area contributed by atoms with Crippen LogP contribution in [0.1, 0.15) is 144 Å². The van der Waals surface area contributed by atoms with Crippen molar-refractivity contribution in [1.82, 2.24) is 0 Å². The van der Waals surface area contributed by atoms with Gasteiger partial charge in [0, 0.05) is 30.8 Å². The Balaban J connectivity index is 0.000000421. The number of fused-ring (bicyclic) bond motifs is 7. The monoisotopic (exact) mass is 729 g/mol. The lowest BCUT2D eigenvalue weighted by Crippen LogP contribution is -2.58. The Morgan fingerprint density at radius 1 is 0.981 bits per heavy atom. The summed E-state index contributed by atoms with van der Waals surface area (Å²) in [7, 11) is 2.72. The van der Waals surface area contributed by atoms with Crippen molar-refractivity contribution >= 4 is 17.7 Å². The van der Waals surface area contributed by atoms with Crippen molar-refractivity contribution in [1.29, 1.82) is 0 Å². The van der Waals surface area contributed by atoms with E-state index in [2.05, 4.69) is 46.4 Å². The number of rotatable bonds is 7. The maximum absolute atomic E-state index is 10.2. The molecule has 53 heavy (non-hydrogen) atoms. The molecule has 4 saturated carbocycles. The van der Waals surface area contributed by atoms with E-state index in [0.717, 1.165) is 55.5 Å². The molecule has 0 radical (unpaired) electrons. The summed E-state index contributed by atoms with van der Waals surface area (Å²) in [6, 6.07) is 8.36. The van der Waals surface area contributed by atoms with Crippen LogP contribution in [-0.2, 0) is 4.79 Å². The molecule has 7 atom stereocenters. The summed E-state index contributed by atoms with van der Waals surface area (Å²) >= 11 is 0.